The quantitative estimate of drug-likeness (QED) is 0.568. The minimum atomic E-state index is -0.800. The Balaban J connectivity index is 1.34. The Kier molecular flexibility index (Phi) is 6.06. The van der Waals surface area contributed by atoms with E-state index >= 15 is 0 Å². The number of nitrogens with one attached hydrogen (secondary N) is 1. The molecule has 9 heteroatoms. The number of hydrogen-bond acceptors (Lipinski definition) is 6. The lowest BCUT2D eigenvalue weighted by Gasteiger charge is -2.25. The third-order valence-corrected chi connectivity index (χ3v) is 7.13. The molecule has 0 aliphatic carbocycles. The summed E-state index contributed by atoms with van der Waals surface area (Å²) in [5.74, 6) is 0.248. The zero-order valence-electron chi connectivity index (χ0n) is 17.4. The molecule has 1 aromatic heterocycles. The van der Waals surface area contributed by atoms with Crippen molar-refractivity contribution in [3.8, 4) is 0 Å². The van der Waals surface area contributed by atoms with Crippen LogP contribution in [0.4, 0.5) is 10.1 Å². The Bertz CT molecular complexity index is 1260. The van der Waals surface area contributed by atoms with E-state index < -0.39 is 6.04 Å². The standard InChI is InChI=1S/C24H19FN4O2S2/c25-16-9-7-15(8-10-16)14-33-24-28-19-6-2-1-5-18(19)22-27-20(23(31)29(22)24)12-21(30)26-13-17-4-3-11-32-17/h1-11,20H,12-14H2,(H,26,30)/t20-/m1/s1. The van der Waals surface area contributed by atoms with E-state index in [9.17, 15) is 14.0 Å². The van der Waals surface area contributed by atoms with Crippen LogP contribution in [0.3, 0.4) is 0 Å². The first-order valence-corrected chi connectivity index (χ1v) is 12.2. The molecule has 0 saturated heterocycles. The average Bonchev–Trinajstić information content (AvgIpc) is 3.46. The van der Waals surface area contributed by atoms with E-state index in [1.54, 1.807) is 23.5 Å². The fraction of sp³-hybridized carbons (Fsp3) is 0.167. The van der Waals surface area contributed by atoms with Crippen LogP contribution < -0.4 is 5.32 Å². The van der Waals surface area contributed by atoms with Crippen molar-refractivity contribution in [2.24, 2.45) is 9.98 Å². The number of rotatable bonds is 6. The van der Waals surface area contributed by atoms with Gasteiger partial charge < -0.3 is 5.32 Å². The Morgan fingerprint density at radius 2 is 1.94 bits per heavy atom. The molecule has 33 heavy (non-hydrogen) atoms. The first-order valence-electron chi connectivity index (χ1n) is 10.3. The van der Waals surface area contributed by atoms with Gasteiger partial charge in [0.05, 0.1) is 18.7 Å². The van der Waals surface area contributed by atoms with E-state index in [1.807, 2.05) is 41.8 Å². The van der Waals surface area contributed by atoms with Gasteiger partial charge in [0.2, 0.25) is 5.91 Å². The van der Waals surface area contributed by atoms with E-state index in [0.29, 0.717) is 23.3 Å². The summed E-state index contributed by atoms with van der Waals surface area (Å²) in [7, 11) is 0. The number of thioether (sulfide) groups is 1. The SMILES string of the molecule is O=C(C[C@H]1N=C2c3ccccc3N=C(SCc3ccc(F)cc3)N2C1=O)NCc1cccs1. The summed E-state index contributed by atoms with van der Waals surface area (Å²) in [4.78, 5) is 37.6. The lowest BCUT2D eigenvalue weighted by molar-refractivity contribution is -0.128. The highest BCUT2D eigenvalue weighted by Gasteiger charge is 2.42. The number of halogens is 1. The highest BCUT2D eigenvalue weighted by Crippen LogP contribution is 2.34. The van der Waals surface area contributed by atoms with Crippen molar-refractivity contribution in [3.63, 3.8) is 0 Å². The van der Waals surface area contributed by atoms with Crippen LogP contribution in [0.1, 0.15) is 22.4 Å². The molecule has 3 aromatic rings. The third-order valence-electron chi connectivity index (χ3n) is 5.25. The number of carbonyl (C=O) groups excluding carboxylic acids is 2. The number of fused-ring (bicyclic) bond motifs is 3. The summed E-state index contributed by atoms with van der Waals surface area (Å²) in [6.45, 7) is 0.431. The highest BCUT2D eigenvalue weighted by atomic mass is 32.2. The van der Waals surface area contributed by atoms with Gasteiger partial charge in [0.15, 0.2) is 5.17 Å². The van der Waals surface area contributed by atoms with E-state index in [2.05, 4.69) is 15.3 Å². The third kappa shape index (κ3) is 4.60. The molecule has 2 aromatic carbocycles. The number of nitrogens with zero attached hydrogens (tertiary/aromatic N) is 3. The summed E-state index contributed by atoms with van der Waals surface area (Å²) in [6, 6.07) is 16.8. The van der Waals surface area contributed by atoms with Crippen molar-refractivity contribution in [2.45, 2.75) is 24.8 Å². The first kappa shape index (κ1) is 21.5. The molecule has 2 amide bonds. The predicted molar refractivity (Wildman–Crippen MR) is 129 cm³/mol. The van der Waals surface area contributed by atoms with Gasteiger partial charge in [0, 0.05) is 16.2 Å². The lowest BCUT2D eigenvalue weighted by Crippen LogP contribution is -2.42. The number of aliphatic imine (C=N–C) groups is 2. The van der Waals surface area contributed by atoms with Crippen LogP contribution in [0.5, 0.6) is 0 Å². The zero-order chi connectivity index (χ0) is 22.8. The van der Waals surface area contributed by atoms with Crippen LogP contribution in [-0.4, -0.2) is 33.8 Å². The monoisotopic (exact) mass is 478 g/mol. The molecule has 0 saturated carbocycles. The van der Waals surface area contributed by atoms with Gasteiger partial charge in [-0.3, -0.25) is 14.6 Å². The highest BCUT2D eigenvalue weighted by molar-refractivity contribution is 8.13. The molecule has 0 fully saturated rings. The fourth-order valence-electron chi connectivity index (χ4n) is 3.61. The van der Waals surface area contributed by atoms with E-state index in [4.69, 9.17) is 0 Å². The molecule has 1 atom stereocenters. The summed E-state index contributed by atoms with van der Waals surface area (Å²) in [6.07, 6.45) is -0.0255. The fourth-order valence-corrected chi connectivity index (χ4v) is 5.21. The van der Waals surface area contributed by atoms with Gasteiger partial charge in [0.1, 0.15) is 17.7 Å². The molecule has 0 bridgehead atoms. The van der Waals surface area contributed by atoms with Crippen molar-refractivity contribution < 1.29 is 14.0 Å². The Labute approximate surface area is 198 Å². The predicted octanol–water partition coefficient (Wildman–Crippen LogP) is 4.49. The molecule has 1 N–H and O–H groups in total. The second-order valence-corrected chi connectivity index (χ2v) is 9.50. The second kappa shape index (κ2) is 9.29. The minimum Gasteiger partial charge on any atom is -0.351 e. The Hall–Kier alpha value is -3.30. The smallest absolute Gasteiger partial charge is 0.259 e. The number of benzene rings is 2. The van der Waals surface area contributed by atoms with Crippen LogP contribution in [-0.2, 0) is 21.9 Å². The molecule has 6 nitrogen and oxygen atoms in total. The number of carbonyl (C=O) groups is 2. The van der Waals surface area contributed by atoms with Crippen LogP contribution in [0, 0.1) is 5.82 Å². The topological polar surface area (TPSA) is 74.1 Å². The molecule has 0 radical (unpaired) electrons. The second-order valence-electron chi connectivity index (χ2n) is 7.53. The van der Waals surface area contributed by atoms with Crippen molar-refractivity contribution >= 4 is 51.6 Å². The number of para-hydroxylation sites is 1. The summed E-state index contributed by atoms with van der Waals surface area (Å²) < 4.78 is 13.2. The van der Waals surface area contributed by atoms with Gasteiger partial charge >= 0.3 is 0 Å². The molecule has 2 aliphatic heterocycles. The van der Waals surface area contributed by atoms with Crippen LogP contribution >= 0.6 is 23.1 Å². The minimum absolute atomic E-state index is 0.0255. The van der Waals surface area contributed by atoms with Crippen molar-refractivity contribution in [1.82, 2.24) is 10.2 Å². The van der Waals surface area contributed by atoms with Gasteiger partial charge in [-0.05, 0) is 41.3 Å². The van der Waals surface area contributed by atoms with Gasteiger partial charge in [-0.25, -0.2) is 14.3 Å². The van der Waals surface area contributed by atoms with Gasteiger partial charge in [0.25, 0.3) is 5.91 Å². The maximum absolute atomic E-state index is 13.3. The molecule has 2 aliphatic rings. The number of amides is 2. The largest absolute Gasteiger partial charge is 0.351 e. The van der Waals surface area contributed by atoms with Crippen molar-refractivity contribution in [1.29, 1.82) is 0 Å². The van der Waals surface area contributed by atoms with Gasteiger partial charge in [-0.15, -0.1) is 11.3 Å². The maximum atomic E-state index is 13.3. The van der Waals surface area contributed by atoms with Gasteiger partial charge in [-0.2, -0.15) is 0 Å². The van der Waals surface area contributed by atoms with E-state index in [-0.39, 0.29) is 24.1 Å². The molecule has 0 unspecified atom stereocenters. The summed E-state index contributed by atoms with van der Waals surface area (Å²) in [5.41, 5.74) is 2.40. The van der Waals surface area contributed by atoms with Gasteiger partial charge in [-0.1, -0.05) is 42.1 Å². The summed E-state index contributed by atoms with van der Waals surface area (Å²) >= 11 is 2.95. The zero-order valence-corrected chi connectivity index (χ0v) is 19.0. The maximum Gasteiger partial charge on any atom is 0.259 e. The van der Waals surface area contributed by atoms with E-state index in [1.165, 1.54) is 28.8 Å². The van der Waals surface area contributed by atoms with Crippen molar-refractivity contribution in [2.75, 3.05) is 0 Å². The molecular formula is C24H19FN4O2S2. The van der Waals surface area contributed by atoms with Crippen LogP contribution in [0.15, 0.2) is 76.0 Å². The summed E-state index contributed by atoms with van der Waals surface area (Å²) in [5, 5.41) is 5.32. The lowest BCUT2D eigenvalue weighted by atomic mass is 10.1. The van der Waals surface area contributed by atoms with Crippen molar-refractivity contribution in [3.05, 3.63) is 87.9 Å². The van der Waals surface area contributed by atoms with E-state index in [0.717, 1.165) is 21.7 Å². The molecule has 0 spiro atoms. The average molecular weight is 479 g/mol. The number of amidine groups is 2. The number of hydrogen-bond donors (Lipinski definition) is 1. The first-order chi connectivity index (χ1) is 16.1. The van der Waals surface area contributed by atoms with Crippen LogP contribution in [0.2, 0.25) is 0 Å². The molecular weight excluding hydrogens is 459 g/mol. The molecule has 5 rings (SSSR count). The van der Waals surface area contributed by atoms with Crippen LogP contribution in [0.25, 0.3) is 0 Å². The Morgan fingerprint density at radius 3 is 2.73 bits per heavy atom. The molecule has 3 heterocycles. The normalized spacial score (nSPS) is 16.7. The molecule has 166 valence electrons. The number of thiophene rings is 1. The Morgan fingerprint density at radius 1 is 1.12 bits per heavy atom.